The second kappa shape index (κ2) is 5.27. The van der Waals surface area contributed by atoms with Gasteiger partial charge >= 0.3 is 0 Å². The number of aromatic nitrogens is 3. The van der Waals surface area contributed by atoms with E-state index in [1.807, 2.05) is 22.4 Å². The molecular formula is C11H17N5S. The fraction of sp³-hybridized carbons (Fsp3) is 0.455. The van der Waals surface area contributed by atoms with Gasteiger partial charge in [-0.1, -0.05) is 6.92 Å². The zero-order valence-electron chi connectivity index (χ0n) is 10.1. The number of imidazole rings is 1. The molecule has 3 N–H and O–H groups in total. The predicted octanol–water partition coefficient (Wildman–Crippen LogP) is 1.86. The number of nitrogens with two attached hydrogens (primary N) is 1. The second-order valence-electron chi connectivity index (χ2n) is 3.93. The second-order valence-corrected chi connectivity index (χ2v) is 5.21. The number of nitrogen functional groups attached to an aromatic ring is 1. The molecule has 0 aliphatic heterocycles. The molecule has 0 fully saturated rings. The minimum absolute atomic E-state index is 0.496. The SMILES string of the molecule is CSC(C)CCNc1nc(N)cn2ccnc12. The Morgan fingerprint density at radius 3 is 3.18 bits per heavy atom. The van der Waals surface area contributed by atoms with Crippen LogP contribution in [0.2, 0.25) is 0 Å². The molecule has 0 radical (unpaired) electrons. The van der Waals surface area contributed by atoms with Crippen LogP contribution in [-0.4, -0.2) is 32.4 Å². The van der Waals surface area contributed by atoms with Crippen LogP contribution >= 0.6 is 11.8 Å². The van der Waals surface area contributed by atoms with E-state index in [0.717, 1.165) is 24.4 Å². The number of nitrogens with one attached hydrogen (secondary N) is 1. The maximum Gasteiger partial charge on any atom is 0.180 e. The normalized spacial score (nSPS) is 12.8. The fourth-order valence-electron chi connectivity index (χ4n) is 1.58. The van der Waals surface area contributed by atoms with Crippen molar-refractivity contribution in [2.75, 3.05) is 23.9 Å². The van der Waals surface area contributed by atoms with Crippen molar-refractivity contribution in [3.63, 3.8) is 0 Å². The van der Waals surface area contributed by atoms with E-state index in [-0.39, 0.29) is 0 Å². The molecule has 0 saturated heterocycles. The van der Waals surface area contributed by atoms with Gasteiger partial charge in [0.15, 0.2) is 11.5 Å². The molecule has 5 nitrogen and oxygen atoms in total. The van der Waals surface area contributed by atoms with Gasteiger partial charge in [-0.25, -0.2) is 9.97 Å². The highest BCUT2D eigenvalue weighted by molar-refractivity contribution is 7.99. The molecule has 2 aromatic rings. The summed E-state index contributed by atoms with van der Waals surface area (Å²) >= 11 is 1.86. The lowest BCUT2D eigenvalue weighted by Crippen LogP contribution is -2.10. The van der Waals surface area contributed by atoms with Crippen molar-refractivity contribution in [3.8, 4) is 0 Å². The Kier molecular flexibility index (Phi) is 3.73. The fourth-order valence-corrected chi connectivity index (χ4v) is 1.93. The minimum Gasteiger partial charge on any atom is -0.382 e. The summed E-state index contributed by atoms with van der Waals surface area (Å²) in [6, 6.07) is 0. The molecule has 0 aliphatic carbocycles. The molecule has 17 heavy (non-hydrogen) atoms. The van der Waals surface area contributed by atoms with Crippen LogP contribution in [0.25, 0.3) is 5.65 Å². The average molecular weight is 251 g/mol. The van der Waals surface area contributed by atoms with E-state index in [9.17, 15) is 0 Å². The van der Waals surface area contributed by atoms with Crippen molar-refractivity contribution in [1.29, 1.82) is 0 Å². The van der Waals surface area contributed by atoms with Gasteiger partial charge in [0.05, 0.1) is 6.20 Å². The van der Waals surface area contributed by atoms with Crippen molar-refractivity contribution in [2.24, 2.45) is 0 Å². The quantitative estimate of drug-likeness (QED) is 0.849. The Bertz CT molecular complexity index is 496. The first-order chi connectivity index (χ1) is 8.20. The highest BCUT2D eigenvalue weighted by atomic mass is 32.2. The molecule has 0 amide bonds. The van der Waals surface area contributed by atoms with Crippen molar-refractivity contribution in [3.05, 3.63) is 18.6 Å². The summed E-state index contributed by atoms with van der Waals surface area (Å²) in [6.45, 7) is 3.09. The molecular weight excluding hydrogens is 234 g/mol. The molecule has 92 valence electrons. The van der Waals surface area contributed by atoms with Crippen LogP contribution in [0.3, 0.4) is 0 Å². The Morgan fingerprint density at radius 2 is 2.41 bits per heavy atom. The number of fused-ring (bicyclic) bond motifs is 1. The Balaban J connectivity index is 2.09. The van der Waals surface area contributed by atoms with E-state index < -0.39 is 0 Å². The maximum absolute atomic E-state index is 5.74. The van der Waals surface area contributed by atoms with Crippen LogP contribution in [0.4, 0.5) is 11.6 Å². The van der Waals surface area contributed by atoms with E-state index in [1.54, 1.807) is 12.4 Å². The van der Waals surface area contributed by atoms with Gasteiger partial charge in [-0.15, -0.1) is 0 Å². The topological polar surface area (TPSA) is 68.2 Å². The predicted molar refractivity (Wildman–Crippen MR) is 73.5 cm³/mol. The first kappa shape index (κ1) is 12.0. The standard InChI is InChI=1S/C11H17N5S/c1-8(17-2)3-4-13-10-11-14-5-6-16(11)7-9(12)15-10/h5-8H,3-4,12H2,1-2H3,(H,13,15). The number of anilines is 2. The van der Waals surface area contributed by atoms with E-state index >= 15 is 0 Å². The Morgan fingerprint density at radius 1 is 1.59 bits per heavy atom. The summed E-state index contributed by atoms with van der Waals surface area (Å²) in [5.41, 5.74) is 6.55. The van der Waals surface area contributed by atoms with Crippen LogP contribution in [0.5, 0.6) is 0 Å². The molecule has 0 spiro atoms. The summed E-state index contributed by atoms with van der Waals surface area (Å²) < 4.78 is 1.88. The largest absolute Gasteiger partial charge is 0.382 e. The first-order valence-corrected chi connectivity index (χ1v) is 6.85. The van der Waals surface area contributed by atoms with Crippen molar-refractivity contribution in [2.45, 2.75) is 18.6 Å². The van der Waals surface area contributed by atoms with Gasteiger partial charge in [-0.3, -0.25) is 0 Å². The van der Waals surface area contributed by atoms with E-state index in [4.69, 9.17) is 5.73 Å². The first-order valence-electron chi connectivity index (χ1n) is 5.56. The van der Waals surface area contributed by atoms with Gasteiger partial charge < -0.3 is 15.5 Å². The van der Waals surface area contributed by atoms with E-state index in [2.05, 4.69) is 28.5 Å². The third-order valence-electron chi connectivity index (χ3n) is 2.64. The van der Waals surface area contributed by atoms with Crippen LogP contribution in [0.15, 0.2) is 18.6 Å². The molecule has 0 aliphatic rings. The van der Waals surface area contributed by atoms with Gasteiger partial charge in [0, 0.05) is 24.2 Å². The molecule has 2 heterocycles. The third kappa shape index (κ3) is 2.82. The van der Waals surface area contributed by atoms with Crippen LogP contribution in [0.1, 0.15) is 13.3 Å². The van der Waals surface area contributed by atoms with Gasteiger partial charge in [0.1, 0.15) is 5.82 Å². The number of nitrogens with zero attached hydrogens (tertiary/aromatic N) is 3. The molecule has 0 aromatic carbocycles. The number of hydrogen-bond acceptors (Lipinski definition) is 5. The third-order valence-corrected chi connectivity index (χ3v) is 3.68. The highest BCUT2D eigenvalue weighted by Gasteiger charge is 2.06. The average Bonchev–Trinajstić information content (AvgIpc) is 2.76. The van der Waals surface area contributed by atoms with Gasteiger partial charge in [-0.05, 0) is 12.7 Å². The number of hydrogen-bond donors (Lipinski definition) is 2. The van der Waals surface area contributed by atoms with E-state index in [0.29, 0.717) is 11.1 Å². The highest BCUT2D eigenvalue weighted by Crippen LogP contribution is 2.15. The summed E-state index contributed by atoms with van der Waals surface area (Å²) in [6.07, 6.45) is 8.58. The smallest absolute Gasteiger partial charge is 0.180 e. The lowest BCUT2D eigenvalue weighted by Gasteiger charge is -2.10. The Hall–Kier alpha value is -1.43. The number of rotatable bonds is 5. The van der Waals surface area contributed by atoms with Gasteiger partial charge in [0.25, 0.3) is 0 Å². The van der Waals surface area contributed by atoms with Crippen molar-refractivity contribution >= 4 is 29.0 Å². The minimum atomic E-state index is 0.496. The molecule has 1 unspecified atom stereocenters. The van der Waals surface area contributed by atoms with Crippen LogP contribution < -0.4 is 11.1 Å². The number of thioether (sulfide) groups is 1. The summed E-state index contributed by atoms with van der Waals surface area (Å²) in [5.74, 6) is 1.25. The van der Waals surface area contributed by atoms with Crippen LogP contribution in [-0.2, 0) is 0 Å². The zero-order valence-corrected chi connectivity index (χ0v) is 10.9. The summed E-state index contributed by atoms with van der Waals surface area (Å²) in [5, 5.41) is 3.93. The molecule has 1 atom stereocenters. The van der Waals surface area contributed by atoms with Gasteiger partial charge in [-0.2, -0.15) is 11.8 Å². The van der Waals surface area contributed by atoms with Crippen molar-refractivity contribution in [1.82, 2.24) is 14.4 Å². The molecule has 0 saturated carbocycles. The summed E-state index contributed by atoms with van der Waals surface area (Å²) in [7, 11) is 0. The molecule has 6 heteroatoms. The van der Waals surface area contributed by atoms with E-state index in [1.165, 1.54) is 0 Å². The van der Waals surface area contributed by atoms with Gasteiger partial charge in [0.2, 0.25) is 0 Å². The van der Waals surface area contributed by atoms with Crippen molar-refractivity contribution < 1.29 is 0 Å². The molecule has 0 bridgehead atoms. The molecule has 2 aromatic heterocycles. The van der Waals surface area contributed by atoms with Crippen LogP contribution in [0, 0.1) is 0 Å². The summed E-state index contributed by atoms with van der Waals surface area (Å²) in [4.78, 5) is 8.53. The zero-order chi connectivity index (χ0) is 12.3. The Labute approximate surface area is 105 Å². The lowest BCUT2D eigenvalue weighted by molar-refractivity contribution is 0.850. The maximum atomic E-state index is 5.74. The monoisotopic (exact) mass is 251 g/mol. The lowest BCUT2D eigenvalue weighted by atomic mass is 10.3. The molecule has 2 rings (SSSR count).